The molecule has 28 heavy (non-hydrogen) atoms. The first-order valence-electron chi connectivity index (χ1n) is 8.78. The molecule has 2 aromatic carbocycles. The molecule has 7 heteroatoms. The fourth-order valence-electron chi connectivity index (χ4n) is 2.94. The lowest BCUT2D eigenvalue weighted by Crippen LogP contribution is -2.33. The molecule has 0 aromatic heterocycles. The van der Waals surface area contributed by atoms with Crippen molar-refractivity contribution >= 4 is 29.1 Å². The molecule has 146 valence electrons. The highest BCUT2D eigenvalue weighted by Gasteiger charge is 2.38. The van der Waals surface area contributed by atoms with Crippen LogP contribution in [-0.4, -0.2) is 47.8 Å². The molecule has 0 saturated heterocycles. The van der Waals surface area contributed by atoms with Gasteiger partial charge in [0.1, 0.15) is 11.6 Å². The van der Waals surface area contributed by atoms with Gasteiger partial charge in [0.15, 0.2) is 0 Å². The van der Waals surface area contributed by atoms with Gasteiger partial charge in [0.25, 0.3) is 11.8 Å². The number of carbonyl (C=O) groups excluding carboxylic acids is 2. The molecule has 0 atom stereocenters. The molecule has 1 heterocycles. The molecule has 0 aliphatic carbocycles. The molecular weight excluding hydrogens is 381 g/mol. The zero-order valence-corrected chi connectivity index (χ0v) is 16.2. The summed E-state index contributed by atoms with van der Waals surface area (Å²) in [5.74, 6) is -0.158. The lowest BCUT2D eigenvalue weighted by Gasteiger charge is -2.15. The molecule has 0 bridgehead atoms. The summed E-state index contributed by atoms with van der Waals surface area (Å²) >= 11 is 1.14. The van der Waals surface area contributed by atoms with Crippen LogP contribution in [0, 0.1) is 5.82 Å². The van der Waals surface area contributed by atoms with Gasteiger partial charge in [-0.25, -0.2) is 4.39 Å². The zero-order valence-electron chi connectivity index (χ0n) is 15.4. The predicted octanol–water partition coefficient (Wildman–Crippen LogP) is 2.88. The van der Waals surface area contributed by atoms with Crippen molar-refractivity contribution in [3.05, 3.63) is 70.4 Å². The number of hydrogen-bond acceptors (Lipinski definition) is 5. The third kappa shape index (κ3) is 4.26. The number of nitrogens with zero attached hydrogens (tertiary/aromatic N) is 1. The monoisotopic (exact) mass is 401 g/mol. The number of hydrogen-bond donors (Lipinski definition) is 1. The van der Waals surface area contributed by atoms with E-state index in [0.29, 0.717) is 22.6 Å². The maximum absolute atomic E-state index is 13.3. The summed E-state index contributed by atoms with van der Waals surface area (Å²) in [6, 6.07) is 12.9. The zero-order chi connectivity index (χ0) is 20.1. The number of benzene rings is 2. The lowest BCUT2D eigenvalue weighted by atomic mass is 10.1. The van der Waals surface area contributed by atoms with Gasteiger partial charge >= 0.3 is 0 Å². The van der Waals surface area contributed by atoms with E-state index in [0.717, 1.165) is 23.1 Å². The minimum atomic E-state index is -0.415. The van der Waals surface area contributed by atoms with Crippen LogP contribution in [0.3, 0.4) is 0 Å². The SMILES string of the molecule is COc1ccc(CCN2C(=O)C(SCCO)=C(c3ccc(F)cc3)C2=O)cc1. The highest BCUT2D eigenvalue weighted by molar-refractivity contribution is 8.04. The van der Waals surface area contributed by atoms with Crippen molar-refractivity contribution in [3.63, 3.8) is 0 Å². The quantitative estimate of drug-likeness (QED) is 0.689. The molecule has 3 rings (SSSR count). The van der Waals surface area contributed by atoms with Gasteiger partial charge in [-0.1, -0.05) is 24.3 Å². The van der Waals surface area contributed by atoms with Gasteiger partial charge in [-0.05, 0) is 41.8 Å². The van der Waals surface area contributed by atoms with Crippen LogP contribution in [0.4, 0.5) is 4.39 Å². The smallest absolute Gasteiger partial charge is 0.267 e. The minimum Gasteiger partial charge on any atom is -0.497 e. The Bertz CT molecular complexity index is 894. The Balaban J connectivity index is 1.81. The summed E-state index contributed by atoms with van der Waals surface area (Å²) in [4.78, 5) is 27.3. The number of methoxy groups -OCH3 is 1. The van der Waals surface area contributed by atoms with E-state index in [4.69, 9.17) is 9.84 Å². The van der Waals surface area contributed by atoms with E-state index in [9.17, 15) is 14.0 Å². The fraction of sp³-hybridized carbons (Fsp3) is 0.238. The van der Waals surface area contributed by atoms with Crippen LogP contribution in [0.15, 0.2) is 53.4 Å². The third-order valence-electron chi connectivity index (χ3n) is 4.38. The van der Waals surface area contributed by atoms with Gasteiger partial charge in [0.05, 0.1) is 24.2 Å². The summed E-state index contributed by atoms with van der Waals surface area (Å²) in [6.07, 6.45) is 0.510. The molecule has 2 amide bonds. The van der Waals surface area contributed by atoms with Gasteiger partial charge in [0.2, 0.25) is 0 Å². The Morgan fingerprint density at radius 1 is 1.04 bits per heavy atom. The van der Waals surface area contributed by atoms with Crippen molar-refractivity contribution in [1.29, 1.82) is 0 Å². The highest BCUT2D eigenvalue weighted by Crippen LogP contribution is 2.36. The number of rotatable bonds is 8. The molecule has 5 nitrogen and oxygen atoms in total. The Kier molecular flexibility index (Phi) is 6.49. The summed E-state index contributed by atoms with van der Waals surface area (Å²) in [5.41, 5.74) is 1.73. The number of aliphatic hydroxyl groups excluding tert-OH is 1. The van der Waals surface area contributed by atoms with Crippen LogP contribution in [0.5, 0.6) is 5.75 Å². The second-order valence-electron chi connectivity index (χ2n) is 6.14. The van der Waals surface area contributed by atoms with Crippen molar-refractivity contribution in [2.75, 3.05) is 26.0 Å². The molecule has 0 unspecified atom stereocenters. The fourth-order valence-corrected chi connectivity index (χ4v) is 3.82. The Morgan fingerprint density at radius 2 is 1.71 bits per heavy atom. The first-order chi connectivity index (χ1) is 13.5. The molecular formula is C21H20FNO4S. The van der Waals surface area contributed by atoms with Gasteiger partial charge in [0, 0.05) is 12.3 Å². The summed E-state index contributed by atoms with van der Waals surface area (Å²) in [6.45, 7) is 0.121. The second-order valence-corrected chi connectivity index (χ2v) is 7.25. The summed E-state index contributed by atoms with van der Waals surface area (Å²) in [7, 11) is 1.59. The number of thioether (sulfide) groups is 1. The predicted molar refractivity (Wildman–Crippen MR) is 106 cm³/mol. The number of aliphatic hydroxyl groups is 1. The number of carbonyl (C=O) groups is 2. The molecule has 0 spiro atoms. The lowest BCUT2D eigenvalue weighted by molar-refractivity contribution is -0.136. The van der Waals surface area contributed by atoms with Crippen LogP contribution >= 0.6 is 11.8 Å². The number of ether oxygens (including phenoxy) is 1. The molecule has 1 aliphatic heterocycles. The van der Waals surface area contributed by atoms with Gasteiger partial charge in [-0.2, -0.15) is 0 Å². The number of amides is 2. The number of imide groups is 1. The maximum Gasteiger partial charge on any atom is 0.267 e. The van der Waals surface area contributed by atoms with E-state index in [-0.39, 0.29) is 24.6 Å². The van der Waals surface area contributed by atoms with E-state index >= 15 is 0 Å². The van der Waals surface area contributed by atoms with E-state index < -0.39 is 11.7 Å². The van der Waals surface area contributed by atoms with Crippen molar-refractivity contribution in [1.82, 2.24) is 4.90 Å². The van der Waals surface area contributed by atoms with E-state index in [1.807, 2.05) is 24.3 Å². The molecule has 0 saturated carbocycles. The average molecular weight is 401 g/mol. The van der Waals surface area contributed by atoms with E-state index in [1.54, 1.807) is 7.11 Å². The first-order valence-corrected chi connectivity index (χ1v) is 9.76. The second kappa shape index (κ2) is 9.03. The van der Waals surface area contributed by atoms with Crippen LogP contribution < -0.4 is 4.74 Å². The Hall–Kier alpha value is -2.64. The van der Waals surface area contributed by atoms with Crippen LogP contribution in [0.1, 0.15) is 11.1 Å². The van der Waals surface area contributed by atoms with Crippen LogP contribution in [0.25, 0.3) is 5.57 Å². The molecule has 2 aromatic rings. The molecule has 1 aliphatic rings. The van der Waals surface area contributed by atoms with Crippen molar-refractivity contribution in [2.24, 2.45) is 0 Å². The standard InChI is InChI=1S/C21H20FNO4S/c1-27-17-8-2-14(3-9-17)10-11-23-20(25)18(15-4-6-16(22)7-5-15)19(21(23)26)28-13-12-24/h2-9,24H,10-13H2,1H3. The first kappa shape index (κ1) is 20.1. The molecule has 1 N–H and O–H groups in total. The van der Waals surface area contributed by atoms with Crippen LogP contribution in [0.2, 0.25) is 0 Å². The van der Waals surface area contributed by atoms with Crippen molar-refractivity contribution < 1.29 is 23.8 Å². The van der Waals surface area contributed by atoms with E-state index in [1.165, 1.54) is 29.2 Å². The highest BCUT2D eigenvalue weighted by atomic mass is 32.2. The van der Waals surface area contributed by atoms with Gasteiger partial charge < -0.3 is 9.84 Å². The summed E-state index contributed by atoms with van der Waals surface area (Å²) < 4.78 is 18.4. The third-order valence-corrected chi connectivity index (χ3v) is 5.43. The molecule has 0 radical (unpaired) electrons. The van der Waals surface area contributed by atoms with Crippen molar-refractivity contribution in [3.8, 4) is 5.75 Å². The Labute approximate surface area is 166 Å². The topological polar surface area (TPSA) is 66.8 Å². The van der Waals surface area contributed by atoms with Gasteiger partial charge in [-0.15, -0.1) is 11.8 Å². The molecule has 0 fully saturated rings. The maximum atomic E-state index is 13.3. The Morgan fingerprint density at radius 3 is 2.32 bits per heavy atom. The normalized spacial score (nSPS) is 14.2. The largest absolute Gasteiger partial charge is 0.497 e. The van der Waals surface area contributed by atoms with Crippen molar-refractivity contribution in [2.45, 2.75) is 6.42 Å². The van der Waals surface area contributed by atoms with E-state index in [2.05, 4.69) is 0 Å². The summed E-state index contributed by atoms with van der Waals surface area (Å²) in [5, 5.41) is 9.12. The van der Waals surface area contributed by atoms with Gasteiger partial charge in [-0.3, -0.25) is 14.5 Å². The number of halogens is 1. The average Bonchev–Trinajstić information content (AvgIpc) is 2.95. The van der Waals surface area contributed by atoms with Crippen LogP contribution in [-0.2, 0) is 16.0 Å². The minimum absolute atomic E-state index is 0.113.